The summed E-state index contributed by atoms with van der Waals surface area (Å²) in [6.07, 6.45) is 4.06. The highest BCUT2D eigenvalue weighted by molar-refractivity contribution is 4.77. The summed E-state index contributed by atoms with van der Waals surface area (Å²) in [6, 6.07) is 0. The average Bonchev–Trinajstić information content (AvgIpc) is 2.12. The van der Waals surface area contributed by atoms with Crippen molar-refractivity contribution in [1.29, 1.82) is 0 Å². The quantitative estimate of drug-likeness (QED) is 0.555. The van der Waals surface area contributed by atoms with Crippen molar-refractivity contribution in [3.8, 4) is 0 Å². The van der Waals surface area contributed by atoms with Gasteiger partial charge in [-0.1, -0.05) is 67.7 Å². The second-order valence-electron chi connectivity index (χ2n) is 6.08. The molecule has 0 saturated carbocycles. The van der Waals surface area contributed by atoms with E-state index in [-0.39, 0.29) is 0 Å². The zero-order valence-corrected chi connectivity index (χ0v) is 11.4. The molecule has 0 amide bonds. The maximum absolute atomic E-state index is 2.43. The second kappa shape index (κ2) is 5.78. The lowest BCUT2D eigenvalue weighted by Crippen LogP contribution is -2.26. The van der Waals surface area contributed by atoms with Gasteiger partial charge in [-0.05, 0) is 23.2 Å². The predicted octanol–water partition coefficient (Wildman–Crippen LogP) is 5.13. The van der Waals surface area contributed by atoms with Gasteiger partial charge in [-0.3, -0.25) is 0 Å². The molecule has 0 nitrogen and oxygen atoms in total. The highest BCUT2D eigenvalue weighted by Gasteiger charge is 2.27. The van der Waals surface area contributed by atoms with Crippen molar-refractivity contribution in [2.75, 3.05) is 0 Å². The monoisotopic (exact) mass is 198 g/mol. The molecule has 0 aromatic carbocycles. The van der Waals surface area contributed by atoms with Gasteiger partial charge in [0.25, 0.3) is 0 Å². The third-order valence-corrected chi connectivity index (χ3v) is 4.20. The van der Waals surface area contributed by atoms with E-state index in [1.807, 2.05) is 0 Å². The summed E-state index contributed by atoms with van der Waals surface area (Å²) in [7, 11) is 0. The third-order valence-electron chi connectivity index (χ3n) is 4.20. The van der Waals surface area contributed by atoms with Gasteiger partial charge in [0.15, 0.2) is 0 Å². The zero-order chi connectivity index (χ0) is 11.4. The first-order valence-electron chi connectivity index (χ1n) is 6.31. The second-order valence-corrected chi connectivity index (χ2v) is 6.08. The lowest BCUT2D eigenvalue weighted by molar-refractivity contribution is 0.148. The van der Waals surface area contributed by atoms with Crippen LogP contribution in [-0.4, -0.2) is 0 Å². The van der Waals surface area contributed by atoms with E-state index >= 15 is 0 Å². The molecule has 0 fully saturated rings. The maximum atomic E-state index is 2.43. The minimum absolute atomic E-state index is 0.510. The summed E-state index contributed by atoms with van der Waals surface area (Å²) < 4.78 is 0. The highest BCUT2D eigenvalue weighted by atomic mass is 14.3. The first kappa shape index (κ1) is 14.0. The van der Waals surface area contributed by atoms with Crippen LogP contribution >= 0.6 is 0 Å². The molecule has 0 heterocycles. The number of rotatable bonds is 6. The Labute approximate surface area is 91.5 Å². The van der Waals surface area contributed by atoms with Gasteiger partial charge in [0, 0.05) is 0 Å². The molecule has 0 aliphatic rings. The van der Waals surface area contributed by atoms with E-state index in [0.717, 1.165) is 17.8 Å². The fraction of sp³-hybridized carbons (Fsp3) is 1.00. The molecule has 0 saturated heterocycles. The van der Waals surface area contributed by atoms with Gasteiger partial charge < -0.3 is 0 Å². The SMILES string of the molecule is CCC(C)(C)C(C)C(C)CCC(C)C. The first-order chi connectivity index (χ1) is 6.31. The lowest BCUT2D eigenvalue weighted by Gasteiger charge is -2.35. The van der Waals surface area contributed by atoms with Crippen LogP contribution in [0.1, 0.15) is 67.7 Å². The smallest absolute Gasteiger partial charge is 0.0329 e. The molecule has 0 aliphatic carbocycles. The molecule has 14 heavy (non-hydrogen) atoms. The van der Waals surface area contributed by atoms with Crippen molar-refractivity contribution in [2.24, 2.45) is 23.2 Å². The van der Waals surface area contributed by atoms with E-state index in [1.165, 1.54) is 19.3 Å². The zero-order valence-electron chi connectivity index (χ0n) is 11.4. The molecule has 0 N–H and O–H groups in total. The molecule has 86 valence electrons. The van der Waals surface area contributed by atoms with Crippen molar-refractivity contribution >= 4 is 0 Å². The van der Waals surface area contributed by atoms with Gasteiger partial charge in [-0.2, -0.15) is 0 Å². The van der Waals surface area contributed by atoms with E-state index in [9.17, 15) is 0 Å². The lowest BCUT2D eigenvalue weighted by atomic mass is 9.70. The molecule has 0 aliphatic heterocycles. The van der Waals surface area contributed by atoms with Crippen LogP contribution in [0, 0.1) is 23.2 Å². The Morgan fingerprint density at radius 2 is 1.43 bits per heavy atom. The largest absolute Gasteiger partial charge is 0.0649 e. The number of hydrogen-bond donors (Lipinski definition) is 0. The maximum Gasteiger partial charge on any atom is -0.0329 e. The fourth-order valence-electron chi connectivity index (χ4n) is 1.94. The average molecular weight is 198 g/mol. The van der Waals surface area contributed by atoms with Gasteiger partial charge in [0.1, 0.15) is 0 Å². The van der Waals surface area contributed by atoms with Crippen molar-refractivity contribution in [3.05, 3.63) is 0 Å². The Kier molecular flexibility index (Phi) is 5.78. The van der Waals surface area contributed by atoms with E-state index < -0.39 is 0 Å². The van der Waals surface area contributed by atoms with Gasteiger partial charge in [-0.25, -0.2) is 0 Å². The van der Waals surface area contributed by atoms with Gasteiger partial charge in [0.05, 0.1) is 0 Å². The molecule has 0 spiro atoms. The molecule has 0 radical (unpaired) electrons. The summed E-state index contributed by atoms with van der Waals surface area (Å²) in [5.41, 5.74) is 0.510. The van der Waals surface area contributed by atoms with Gasteiger partial charge in [-0.15, -0.1) is 0 Å². The van der Waals surface area contributed by atoms with E-state index in [0.29, 0.717) is 5.41 Å². The summed E-state index contributed by atoms with van der Waals surface area (Å²) in [5, 5.41) is 0. The van der Waals surface area contributed by atoms with Gasteiger partial charge >= 0.3 is 0 Å². The molecular weight excluding hydrogens is 168 g/mol. The minimum Gasteiger partial charge on any atom is -0.0649 e. The first-order valence-corrected chi connectivity index (χ1v) is 6.31. The van der Waals surface area contributed by atoms with Crippen molar-refractivity contribution < 1.29 is 0 Å². The molecule has 0 rings (SSSR count). The highest BCUT2D eigenvalue weighted by Crippen LogP contribution is 2.37. The molecule has 0 heteroatoms. The molecular formula is C14H30. The van der Waals surface area contributed by atoms with Crippen LogP contribution in [0.15, 0.2) is 0 Å². The number of hydrogen-bond acceptors (Lipinski definition) is 0. The molecule has 0 aromatic heterocycles. The summed E-state index contributed by atoms with van der Waals surface area (Å²) in [4.78, 5) is 0. The Bertz CT molecular complexity index is 144. The molecule has 2 atom stereocenters. The summed E-state index contributed by atoms with van der Waals surface area (Å²) in [5.74, 6) is 2.56. The van der Waals surface area contributed by atoms with Crippen LogP contribution in [-0.2, 0) is 0 Å². The van der Waals surface area contributed by atoms with E-state index in [4.69, 9.17) is 0 Å². The van der Waals surface area contributed by atoms with Crippen molar-refractivity contribution in [3.63, 3.8) is 0 Å². The van der Waals surface area contributed by atoms with Crippen LogP contribution in [0.4, 0.5) is 0 Å². The Hall–Kier alpha value is 0. The van der Waals surface area contributed by atoms with Crippen molar-refractivity contribution in [2.45, 2.75) is 67.7 Å². The Morgan fingerprint density at radius 1 is 0.929 bits per heavy atom. The van der Waals surface area contributed by atoms with Gasteiger partial charge in [0.2, 0.25) is 0 Å². The molecule has 2 unspecified atom stereocenters. The summed E-state index contributed by atoms with van der Waals surface area (Å²) in [6.45, 7) is 16.6. The van der Waals surface area contributed by atoms with Crippen LogP contribution in [0.25, 0.3) is 0 Å². The van der Waals surface area contributed by atoms with E-state index in [1.54, 1.807) is 0 Å². The normalized spacial score (nSPS) is 17.1. The fourth-order valence-corrected chi connectivity index (χ4v) is 1.94. The predicted molar refractivity (Wildman–Crippen MR) is 66.5 cm³/mol. The Morgan fingerprint density at radius 3 is 1.79 bits per heavy atom. The van der Waals surface area contributed by atoms with Crippen molar-refractivity contribution in [1.82, 2.24) is 0 Å². The minimum atomic E-state index is 0.510. The van der Waals surface area contributed by atoms with Crippen LogP contribution in [0.2, 0.25) is 0 Å². The van der Waals surface area contributed by atoms with Crippen LogP contribution < -0.4 is 0 Å². The molecule has 0 aromatic rings. The van der Waals surface area contributed by atoms with E-state index in [2.05, 4.69) is 48.5 Å². The standard InChI is InChI=1S/C14H30/c1-8-14(6,7)13(5)12(4)10-9-11(2)3/h11-13H,8-10H2,1-7H3. The topological polar surface area (TPSA) is 0 Å². The molecule has 0 bridgehead atoms. The summed E-state index contributed by atoms with van der Waals surface area (Å²) >= 11 is 0. The van der Waals surface area contributed by atoms with Crippen LogP contribution in [0.3, 0.4) is 0 Å². The third kappa shape index (κ3) is 4.48. The Balaban J connectivity index is 4.04. The van der Waals surface area contributed by atoms with Crippen LogP contribution in [0.5, 0.6) is 0 Å².